The first-order valence-electron chi connectivity index (χ1n) is 6.06. The molecular weight excluding hydrogens is 257 g/mol. The maximum absolute atomic E-state index is 13.4. The SMILES string of the molecule is COCCNCCN(C)Cc1ccc(F)c(F)c1F. The van der Waals surface area contributed by atoms with Gasteiger partial charge in [-0.2, -0.15) is 0 Å². The van der Waals surface area contributed by atoms with Gasteiger partial charge in [0.2, 0.25) is 0 Å². The highest BCUT2D eigenvalue weighted by molar-refractivity contribution is 5.20. The van der Waals surface area contributed by atoms with Crippen molar-refractivity contribution in [2.75, 3.05) is 40.4 Å². The lowest BCUT2D eigenvalue weighted by Crippen LogP contribution is -2.31. The maximum Gasteiger partial charge on any atom is 0.194 e. The highest BCUT2D eigenvalue weighted by Gasteiger charge is 2.14. The van der Waals surface area contributed by atoms with E-state index in [4.69, 9.17) is 4.74 Å². The van der Waals surface area contributed by atoms with E-state index in [1.54, 1.807) is 14.2 Å². The Kier molecular flexibility index (Phi) is 6.83. The summed E-state index contributed by atoms with van der Waals surface area (Å²) in [4.78, 5) is 1.83. The van der Waals surface area contributed by atoms with Gasteiger partial charge in [0.15, 0.2) is 17.5 Å². The predicted octanol–water partition coefficient (Wildman–Crippen LogP) is 1.77. The van der Waals surface area contributed by atoms with Crippen molar-refractivity contribution in [1.82, 2.24) is 10.2 Å². The Hall–Kier alpha value is -1.11. The molecule has 0 radical (unpaired) electrons. The Morgan fingerprint density at radius 2 is 1.89 bits per heavy atom. The van der Waals surface area contributed by atoms with E-state index in [0.717, 1.165) is 12.6 Å². The molecular formula is C13H19F3N2O. The molecule has 1 aromatic carbocycles. The highest BCUT2D eigenvalue weighted by atomic mass is 19.2. The summed E-state index contributed by atoms with van der Waals surface area (Å²) in [5, 5.41) is 3.14. The minimum atomic E-state index is -1.41. The van der Waals surface area contributed by atoms with E-state index in [9.17, 15) is 13.2 Å². The molecule has 0 saturated heterocycles. The standard InChI is InChI=1S/C13H19F3N2O/c1-18(7-5-17-6-8-19-2)9-10-3-4-11(14)13(16)12(10)15/h3-4,17H,5-9H2,1-2H3. The van der Waals surface area contributed by atoms with E-state index in [1.807, 2.05) is 4.90 Å². The molecule has 1 rings (SSSR count). The molecule has 0 fully saturated rings. The van der Waals surface area contributed by atoms with Gasteiger partial charge in [0.25, 0.3) is 0 Å². The smallest absolute Gasteiger partial charge is 0.194 e. The minimum Gasteiger partial charge on any atom is -0.383 e. The normalized spacial score (nSPS) is 11.3. The van der Waals surface area contributed by atoms with Gasteiger partial charge in [0, 0.05) is 38.9 Å². The van der Waals surface area contributed by atoms with E-state index in [0.29, 0.717) is 19.7 Å². The number of methoxy groups -OCH3 is 1. The molecule has 0 aliphatic carbocycles. The largest absolute Gasteiger partial charge is 0.383 e. The number of rotatable bonds is 8. The van der Waals surface area contributed by atoms with Gasteiger partial charge in [0.05, 0.1) is 6.61 Å². The van der Waals surface area contributed by atoms with Crippen molar-refractivity contribution in [2.24, 2.45) is 0 Å². The fourth-order valence-electron chi connectivity index (χ4n) is 1.63. The number of nitrogens with one attached hydrogen (secondary N) is 1. The Labute approximate surface area is 111 Å². The Morgan fingerprint density at radius 1 is 1.16 bits per heavy atom. The summed E-state index contributed by atoms with van der Waals surface area (Å²) in [7, 11) is 3.42. The van der Waals surface area contributed by atoms with Gasteiger partial charge < -0.3 is 15.0 Å². The molecule has 0 bridgehead atoms. The van der Waals surface area contributed by atoms with E-state index in [-0.39, 0.29) is 12.1 Å². The number of halogens is 3. The number of hydrogen-bond donors (Lipinski definition) is 1. The van der Waals surface area contributed by atoms with Crippen molar-refractivity contribution >= 4 is 0 Å². The summed E-state index contributed by atoms with van der Waals surface area (Å²) < 4.78 is 44.1. The fourth-order valence-corrected chi connectivity index (χ4v) is 1.63. The van der Waals surface area contributed by atoms with Crippen LogP contribution in [0.15, 0.2) is 12.1 Å². The second kappa shape index (κ2) is 8.14. The molecule has 108 valence electrons. The minimum absolute atomic E-state index is 0.151. The summed E-state index contributed by atoms with van der Waals surface area (Å²) >= 11 is 0. The zero-order valence-corrected chi connectivity index (χ0v) is 11.2. The Bertz CT molecular complexity index is 402. The molecule has 0 atom stereocenters. The lowest BCUT2D eigenvalue weighted by Gasteiger charge is -2.17. The van der Waals surface area contributed by atoms with Gasteiger partial charge in [-0.25, -0.2) is 13.2 Å². The summed E-state index contributed by atoms with van der Waals surface area (Å²) in [6, 6.07) is 2.21. The third kappa shape index (κ3) is 5.18. The van der Waals surface area contributed by atoms with E-state index >= 15 is 0 Å². The predicted molar refractivity (Wildman–Crippen MR) is 67.4 cm³/mol. The number of benzene rings is 1. The summed E-state index contributed by atoms with van der Waals surface area (Å²) in [6.45, 7) is 2.98. The molecule has 1 N–H and O–H groups in total. The molecule has 0 heterocycles. The van der Waals surface area contributed by atoms with Crippen LogP contribution in [0.4, 0.5) is 13.2 Å². The van der Waals surface area contributed by atoms with Gasteiger partial charge in [-0.05, 0) is 13.1 Å². The van der Waals surface area contributed by atoms with Crippen molar-refractivity contribution in [3.05, 3.63) is 35.1 Å². The first-order chi connectivity index (χ1) is 9.06. The second-order valence-corrected chi connectivity index (χ2v) is 4.32. The molecule has 0 saturated carbocycles. The summed E-state index contributed by atoms with van der Waals surface area (Å²) in [6.07, 6.45) is 0. The van der Waals surface area contributed by atoms with E-state index in [2.05, 4.69) is 5.32 Å². The van der Waals surface area contributed by atoms with Crippen molar-refractivity contribution < 1.29 is 17.9 Å². The highest BCUT2D eigenvalue weighted by Crippen LogP contribution is 2.16. The lowest BCUT2D eigenvalue weighted by molar-refractivity contribution is 0.197. The first kappa shape index (κ1) is 15.9. The maximum atomic E-state index is 13.4. The third-order valence-electron chi connectivity index (χ3n) is 2.71. The summed E-state index contributed by atoms with van der Waals surface area (Å²) in [5.74, 6) is -3.69. The molecule has 0 amide bonds. The fraction of sp³-hybridized carbons (Fsp3) is 0.538. The summed E-state index contributed by atoms with van der Waals surface area (Å²) in [5.41, 5.74) is 0.151. The Morgan fingerprint density at radius 3 is 2.58 bits per heavy atom. The zero-order valence-electron chi connectivity index (χ0n) is 11.2. The molecule has 0 aliphatic rings. The number of likely N-dealkylation sites (N-methyl/N-ethyl adjacent to an activating group) is 1. The van der Waals surface area contributed by atoms with E-state index < -0.39 is 17.5 Å². The van der Waals surface area contributed by atoms with Gasteiger partial charge in [-0.1, -0.05) is 6.07 Å². The molecule has 1 aromatic rings. The molecule has 6 heteroatoms. The molecule has 0 aliphatic heterocycles. The van der Waals surface area contributed by atoms with Crippen LogP contribution in [0.2, 0.25) is 0 Å². The van der Waals surface area contributed by atoms with Gasteiger partial charge in [-0.3, -0.25) is 0 Å². The van der Waals surface area contributed by atoms with Crippen LogP contribution in [0, 0.1) is 17.5 Å². The lowest BCUT2D eigenvalue weighted by atomic mass is 10.2. The van der Waals surface area contributed by atoms with Gasteiger partial charge >= 0.3 is 0 Å². The van der Waals surface area contributed by atoms with Crippen LogP contribution >= 0.6 is 0 Å². The monoisotopic (exact) mass is 276 g/mol. The first-order valence-corrected chi connectivity index (χ1v) is 6.06. The molecule has 0 unspecified atom stereocenters. The van der Waals surface area contributed by atoms with Crippen LogP contribution in [-0.4, -0.2) is 45.3 Å². The number of ether oxygens (including phenoxy) is 1. The van der Waals surface area contributed by atoms with Crippen LogP contribution in [0.25, 0.3) is 0 Å². The van der Waals surface area contributed by atoms with Crippen LogP contribution in [-0.2, 0) is 11.3 Å². The topological polar surface area (TPSA) is 24.5 Å². The van der Waals surface area contributed by atoms with Crippen LogP contribution in [0.3, 0.4) is 0 Å². The molecule has 19 heavy (non-hydrogen) atoms. The van der Waals surface area contributed by atoms with Crippen molar-refractivity contribution in [3.8, 4) is 0 Å². The number of nitrogens with zero attached hydrogens (tertiary/aromatic N) is 1. The van der Waals surface area contributed by atoms with Crippen LogP contribution < -0.4 is 5.32 Å². The second-order valence-electron chi connectivity index (χ2n) is 4.32. The number of hydrogen-bond acceptors (Lipinski definition) is 3. The quantitative estimate of drug-likeness (QED) is 0.578. The van der Waals surface area contributed by atoms with Crippen molar-refractivity contribution in [3.63, 3.8) is 0 Å². The van der Waals surface area contributed by atoms with E-state index in [1.165, 1.54) is 6.07 Å². The molecule has 0 aromatic heterocycles. The zero-order chi connectivity index (χ0) is 14.3. The van der Waals surface area contributed by atoms with Crippen LogP contribution in [0.5, 0.6) is 0 Å². The average Bonchev–Trinajstić information content (AvgIpc) is 2.39. The van der Waals surface area contributed by atoms with Crippen LogP contribution in [0.1, 0.15) is 5.56 Å². The molecule has 3 nitrogen and oxygen atoms in total. The van der Waals surface area contributed by atoms with Gasteiger partial charge in [0.1, 0.15) is 0 Å². The third-order valence-corrected chi connectivity index (χ3v) is 2.71. The van der Waals surface area contributed by atoms with Crippen molar-refractivity contribution in [2.45, 2.75) is 6.54 Å². The van der Waals surface area contributed by atoms with Crippen molar-refractivity contribution in [1.29, 1.82) is 0 Å². The molecule has 0 spiro atoms. The van der Waals surface area contributed by atoms with Gasteiger partial charge in [-0.15, -0.1) is 0 Å². The average molecular weight is 276 g/mol. The Balaban J connectivity index is 2.40.